The SMILES string of the molecule is CC(=O)c1cccc(S(=O)(=O)NCCCCc2cccnc2)c1. The summed E-state index contributed by atoms with van der Waals surface area (Å²) >= 11 is 0. The molecule has 0 radical (unpaired) electrons. The van der Waals surface area contributed by atoms with Crippen LogP contribution in [0.25, 0.3) is 0 Å². The smallest absolute Gasteiger partial charge is 0.240 e. The summed E-state index contributed by atoms with van der Waals surface area (Å²) in [6.07, 6.45) is 6.03. The summed E-state index contributed by atoms with van der Waals surface area (Å²) in [4.78, 5) is 15.5. The molecule has 1 aromatic carbocycles. The van der Waals surface area contributed by atoms with Crippen LogP contribution in [0.4, 0.5) is 0 Å². The summed E-state index contributed by atoms with van der Waals surface area (Å²) in [5.74, 6) is -0.154. The van der Waals surface area contributed by atoms with Gasteiger partial charge in [-0.1, -0.05) is 18.2 Å². The lowest BCUT2D eigenvalue weighted by Gasteiger charge is -2.07. The largest absolute Gasteiger partial charge is 0.295 e. The van der Waals surface area contributed by atoms with Crippen LogP contribution in [0.5, 0.6) is 0 Å². The van der Waals surface area contributed by atoms with Crippen molar-refractivity contribution in [3.63, 3.8) is 0 Å². The number of pyridine rings is 1. The van der Waals surface area contributed by atoms with Crippen molar-refractivity contribution in [2.24, 2.45) is 0 Å². The van der Waals surface area contributed by atoms with Crippen LogP contribution in [0, 0.1) is 0 Å². The first-order valence-corrected chi connectivity index (χ1v) is 8.97. The number of carbonyl (C=O) groups is 1. The number of hydrogen-bond acceptors (Lipinski definition) is 4. The third-order valence-electron chi connectivity index (χ3n) is 3.46. The van der Waals surface area contributed by atoms with E-state index in [1.54, 1.807) is 18.3 Å². The van der Waals surface area contributed by atoms with E-state index in [-0.39, 0.29) is 10.7 Å². The van der Waals surface area contributed by atoms with Crippen molar-refractivity contribution in [3.05, 3.63) is 59.9 Å². The van der Waals surface area contributed by atoms with Crippen LogP contribution in [-0.2, 0) is 16.4 Å². The zero-order chi connectivity index (χ0) is 16.7. The minimum absolute atomic E-state index is 0.123. The lowest BCUT2D eigenvalue weighted by Crippen LogP contribution is -2.25. The van der Waals surface area contributed by atoms with Gasteiger partial charge in [0.25, 0.3) is 0 Å². The van der Waals surface area contributed by atoms with E-state index in [2.05, 4.69) is 9.71 Å². The molecule has 0 saturated heterocycles. The third kappa shape index (κ3) is 5.26. The summed E-state index contributed by atoms with van der Waals surface area (Å²) in [5, 5.41) is 0. The van der Waals surface area contributed by atoms with Gasteiger partial charge in [-0.2, -0.15) is 0 Å². The average Bonchev–Trinajstić information content (AvgIpc) is 2.55. The lowest BCUT2D eigenvalue weighted by molar-refractivity contribution is 0.101. The van der Waals surface area contributed by atoms with Gasteiger partial charge in [0.1, 0.15) is 0 Å². The highest BCUT2D eigenvalue weighted by Crippen LogP contribution is 2.12. The highest BCUT2D eigenvalue weighted by molar-refractivity contribution is 7.89. The van der Waals surface area contributed by atoms with Crippen LogP contribution < -0.4 is 4.72 Å². The topological polar surface area (TPSA) is 76.1 Å². The summed E-state index contributed by atoms with van der Waals surface area (Å²) in [6.45, 7) is 1.78. The minimum Gasteiger partial charge on any atom is -0.295 e. The van der Waals surface area contributed by atoms with Crippen LogP contribution in [0.3, 0.4) is 0 Å². The molecule has 0 atom stereocenters. The number of nitrogens with zero attached hydrogens (tertiary/aromatic N) is 1. The van der Waals surface area contributed by atoms with Gasteiger partial charge in [0.15, 0.2) is 5.78 Å². The number of carbonyl (C=O) groups excluding carboxylic acids is 1. The van der Waals surface area contributed by atoms with E-state index in [4.69, 9.17) is 0 Å². The van der Waals surface area contributed by atoms with Gasteiger partial charge in [-0.3, -0.25) is 9.78 Å². The van der Waals surface area contributed by atoms with E-state index in [1.165, 1.54) is 19.1 Å². The molecule has 0 aliphatic rings. The zero-order valence-corrected chi connectivity index (χ0v) is 13.8. The number of nitrogens with one attached hydrogen (secondary N) is 1. The Morgan fingerprint density at radius 2 is 2.00 bits per heavy atom. The number of rotatable bonds is 8. The number of aromatic nitrogens is 1. The van der Waals surface area contributed by atoms with E-state index < -0.39 is 10.0 Å². The normalized spacial score (nSPS) is 11.3. The second-order valence-corrected chi connectivity index (χ2v) is 7.07. The third-order valence-corrected chi connectivity index (χ3v) is 4.92. The van der Waals surface area contributed by atoms with Crippen LogP contribution in [0.15, 0.2) is 53.7 Å². The van der Waals surface area contributed by atoms with E-state index >= 15 is 0 Å². The van der Waals surface area contributed by atoms with Crippen LogP contribution in [0.1, 0.15) is 35.7 Å². The molecule has 0 bridgehead atoms. The number of Topliss-reactive ketones (excluding diaryl/α,β-unsaturated/α-hetero) is 1. The molecule has 2 aromatic rings. The summed E-state index contributed by atoms with van der Waals surface area (Å²) in [5.41, 5.74) is 1.54. The minimum atomic E-state index is -3.58. The van der Waals surface area contributed by atoms with Crippen molar-refractivity contribution in [2.45, 2.75) is 31.1 Å². The molecule has 122 valence electrons. The first-order valence-electron chi connectivity index (χ1n) is 7.48. The van der Waals surface area contributed by atoms with Gasteiger partial charge in [0.2, 0.25) is 10.0 Å². The Morgan fingerprint density at radius 3 is 2.70 bits per heavy atom. The van der Waals surface area contributed by atoms with Gasteiger partial charge >= 0.3 is 0 Å². The van der Waals surface area contributed by atoms with Crippen LogP contribution >= 0.6 is 0 Å². The van der Waals surface area contributed by atoms with Crippen molar-refractivity contribution >= 4 is 15.8 Å². The van der Waals surface area contributed by atoms with Crippen LogP contribution in [-0.4, -0.2) is 25.7 Å². The number of ketones is 1. The number of sulfonamides is 1. The Balaban J connectivity index is 1.84. The van der Waals surface area contributed by atoms with Gasteiger partial charge in [-0.25, -0.2) is 13.1 Å². The molecule has 0 fully saturated rings. The maximum absolute atomic E-state index is 12.2. The fourth-order valence-corrected chi connectivity index (χ4v) is 3.29. The predicted molar refractivity (Wildman–Crippen MR) is 88.8 cm³/mol. The van der Waals surface area contributed by atoms with Crippen LogP contribution in [0.2, 0.25) is 0 Å². The first kappa shape index (κ1) is 17.3. The van der Waals surface area contributed by atoms with Gasteiger partial charge in [0, 0.05) is 24.5 Å². The monoisotopic (exact) mass is 332 g/mol. The number of hydrogen-bond donors (Lipinski definition) is 1. The molecule has 2 rings (SSSR count). The predicted octanol–water partition coefficient (Wildman–Crippen LogP) is 2.59. The molecule has 0 aliphatic carbocycles. The molecular formula is C17H20N2O3S. The second kappa shape index (κ2) is 7.99. The molecule has 6 heteroatoms. The molecule has 0 saturated carbocycles. The van der Waals surface area contributed by atoms with Crippen molar-refractivity contribution in [3.8, 4) is 0 Å². The molecule has 23 heavy (non-hydrogen) atoms. The molecule has 1 N–H and O–H groups in total. The maximum Gasteiger partial charge on any atom is 0.240 e. The number of benzene rings is 1. The quantitative estimate of drug-likeness (QED) is 0.595. The fraction of sp³-hybridized carbons (Fsp3) is 0.294. The molecule has 0 amide bonds. The highest BCUT2D eigenvalue weighted by atomic mass is 32.2. The van der Waals surface area contributed by atoms with Crippen molar-refractivity contribution in [1.29, 1.82) is 0 Å². The van der Waals surface area contributed by atoms with E-state index in [0.717, 1.165) is 24.8 Å². The molecule has 5 nitrogen and oxygen atoms in total. The summed E-state index contributed by atoms with van der Waals surface area (Å²) in [7, 11) is -3.58. The summed E-state index contributed by atoms with van der Waals surface area (Å²) in [6, 6.07) is 9.97. The van der Waals surface area contributed by atoms with Gasteiger partial charge in [-0.05, 0) is 49.9 Å². The highest BCUT2D eigenvalue weighted by Gasteiger charge is 2.14. The fourth-order valence-electron chi connectivity index (χ4n) is 2.17. The lowest BCUT2D eigenvalue weighted by atomic mass is 10.1. The molecule has 0 spiro atoms. The number of unbranched alkanes of at least 4 members (excludes halogenated alkanes) is 1. The second-order valence-electron chi connectivity index (χ2n) is 5.30. The van der Waals surface area contributed by atoms with Gasteiger partial charge < -0.3 is 0 Å². The van der Waals surface area contributed by atoms with Crippen molar-refractivity contribution in [2.75, 3.05) is 6.54 Å². The van der Waals surface area contributed by atoms with Crippen molar-refractivity contribution < 1.29 is 13.2 Å². The maximum atomic E-state index is 12.2. The Kier molecular flexibility index (Phi) is 6.01. The van der Waals surface area contributed by atoms with Crippen molar-refractivity contribution in [1.82, 2.24) is 9.71 Å². The standard InChI is InChI=1S/C17H20N2O3S/c1-14(20)16-8-4-9-17(12-16)23(21,22)19-11-3-2-6-15-7-5-10-18-13-15/h4-5,7-10,12-13,19H,2-3,6,11H2,1H3. The number of aryl methyl sites for hydroxylation is 1. The molecule has 1 aromatic heterocycles. The molecule has 0 aliphatic heterocycles. The van der Waals surface area contributed by atoms with Gasteiger partial charge in [0.05, 0.1) is 4.90 Å². The average molecular weight is 332 g/mol. The zero-order valence-electron chi connectivity index (χ0n) is 13.0. The molecular weight excluding hydrogens is 312 g/mol. The van der Waals surface area contributed by atoms with E-state index in [9.17, 15) is 13.2 Å². The Morgan fingerprint density at radius 1 is 1.17 bits per heavy atom. The Bertz CT molecular complexity index is 758. The Labute approximate surface area is 136 Å². The first-order chi connectivity index (χ1) is 11.0. The molecule has 0 unspecified atom stereocenters. The molecule has 1 heterocycles. The summed E-state index contributed by atoms with van der Waals surface area (Å²) < 4.78 is 27.0. The van der Waals surface area contributed by atoms with E-state index in [0.29, 0.717) is 12.1 Å². The van der Waals surface area contributed by atoms with Gasteiger partial charge in [-0.15, -0.1) is 0 Å². The van der Waals surface area contributed by atoms with E-state index in [1.807, 2.05) is 18.3 Å². The Hall–Kier alpha value is -2.05.